The zero-order chi connectivity index (χ0) is 16.2. The lowest BCUT2D eigenvalue weighted by molar-refractivity contribution is 0.0504. The van der Waals surface area contributed by atoms with Crippen LogP contribution in [0.5, 0.6) is 0 Å². The minimum Gasteiger partial charge on any atom is -0.462 e. The van der Waals surface area contributed by atoms with Crippen molar-refractivity contribution in [3.8, 4) is 0 Å². The van der Waals surface area contributed by atoms with Crippen LogP contribution in [0.15, 0.2) is 48.5 Å². The molecular weight excluding hydrogens is 290 g/mol. The van der Waals surface area contributed by atoms with E-state index in [4.69, 9.17) is 4.74 Å². The van der Waals surface area contributed by atoms with E-state index in [-0.39, 0.29) is 11.9 Å². The summed E-state index contributed by atoms with van der Waals surface area (Å²) in [5.41, 5.74) is 3.39. The molecule has 0 saturated heterocycles. The fourth-order valence-electron chi connectivity index (χ4n) is 2.69. The second kappa shape index (κ2) is 6.65. The van der Waals surface area contributed by atoms with Crippen LogP contribution in [-0.4, -0.2) is 23.4 Å². The molecule has 0 spiro atoms. The predicted octanol–water partition coefficient (Wildman–Crippen LogP) is 3.41. The summed E-state index contributed by atoms with van der Waals surface area (Å²) in [5.74, 6) is -0.241. The molecule has 2 aromatic carbocycles. The summed E-state index contributed by atoms with van der Waals surface area (Å²) in [6, 6.07) is 14.9. The van der Waals surface area contributed by atoms with E-state index in [0.717, 1.165) is 23.1 Å². The Morgan fingerprint density at radius 1 is 1.13 bits per heavy atom. The molecule has 0 bridgehead atoms. The molecule has 1 heterocycles. The van der Waals surface area contributed by atoms with E-state index in [2.05, 4.69) is 0 Å². The lowest BCUT2D eigenvalue weighted by atomic mass is 10.1. The minimum absolute atomic E-state index is 0.0621. The Morgan fingerprint density at radius 3 is 2.57 bits per heavy atom. The normalized spacial score (nSPS) is 13.1. The molecule has 4 heteroatoms. The van der Waals surface area contributed by atoms with Gasteiger partial charge < -0.3 is 9.64 Å². The van der Waals surface area contributed by atoms with Gasteiger partial charge in [0.25, 0.3) is 5.91 Å². The summed E-state index contributed by atoms with van der Waals surface area (Å²) >= 11 is 0. The maximum absolute atomic E-state index is 12.3. The van der Waals surface area contributed by atoms with Crippen molar-refractivity contribution < 1.29 is 14.3 Å². The summed E-state index contributed by atoms with van der Waals surface area (Å²) in [6.45, 7) is 3.57. The molecular formula is C19H19NO3. The quantitative estimate of drug-likeness (QED) is 0.795. The number of ether oxygens (including phenoxy) is 1. The average molecular weight is 309 g/mol. The third-order valence-corrected chi connectivity index (χ3v) is 3.90. The monoisotopic (exact) mass is 309 g/mol. The van der Waals surface area contributed by atoms with E-state index in [0.29, 0.717) is 25.3 Å². The fraction of sp³-hybridized carbons (Fsp3) is 0.263. The molecule has 23 heavy (non-hydrogen) atoms. The molecule has 0 fully saturated rings. The maximum Gasteiger partial charge on any atom is 0.338 e. The van der Waals surface area contributed by atoms with Gasteiger partial charge in [0, 0.05) is 18.7 Å². The van der Waals surface area contributed by atoms with E-state index in [9.17, 15) is 9.59 Å². The molecule has 0 N–H and O–H groups in total. The molecule has 0 atom stereocenters. The molecule has 0 saturated carbocycles. The van der Waals surface area contributed by atoms with Crippen molar-refractivity contribution >= 4 is 11.9 Å². The second-order valence-corrected chi connectivity index (χ2v) is 5.65. The van der Waals surface area contributed by atoms with Crippen molar-refractivity contribution in [3.63, 3.8) is 0 Å². The van der Waals surface area contributed by atoms with Crippen LogP contribution in [0, 0.1) is 0 Å². The van der Waals surface area contributed by atoms with Gasteiger partial charge in [-0.25, -0.2) is 4.79 Å². The zero-order valence-corrected chi connectivity index (χ0v) is 13.1. The maximum atomic E-state index is 12.3. The topological polar surface area (TPSA) is 46.6 Å². The third kappa shape index (κ3) is 3.26. The first-order valence-electron chi connectivity index (χ1n) is 7.82. The number of fused-ring (bicyclic) bond motifs is 1. The van der Waals surface area contributed by atoms with E-state index in [1.165, 1.54) is 0 Å². The number of hydrogen-bond acceptors (Lipinski definition) is 3. The zero-order valence-electron chi connectivity index (χ0n) is 13.1. The van der Waals surface area contributed by atoms with Gasteiger partial charge >= 0.3 is 5.97 Å². The average Bonchev–Trinajstić information content (AvgIpc) is 2.90. The van der Waals surface area contributed by atoms with Crippen LogP contribution in [0.3, 0.4) is 0 Å². The summed E-state index contributed by atoms with van der Waals surface area (Å²) in [7, 11) is 0. The second-order valence-electron chi connectivity index (χ2n) is 5.65. The Hall–Kier alpha value is -2.62. The highest BCUT2D eigenvalue weighted by Crippen LogP contribution is 2.24. The molecule has 2 aromatic rings. The number of rotatable bonds is 5. The van der Waals surface area contributed by atoms with Gasteiger partial charge in [0.05, 0.1) is 12.2 Å². The van der Waals surface area contributed by atoms with Crippen LogP contribution in [-0.2, 0) is 17.8 Å². The standard InChI is InChI=1S/C19H19NO3/c1-2-11-23-19(22)15-9-7-14(8-10-15)12-20-13-16-5-3-4-6-17(16)18(20)21/h3-10H,2,11-13H2,1H3. The molecule has 1 aliphatic rings. The van der Waals surface area contributed by atoms with Gasteiger partial charge in [0.1, 0.15) is 0 Å². The Balaban J connectivity index is 1.66. The largest absolute Gasteiger partial charge is 0.462 e. The van der Waals surface area contributed by atoms with Crippen molar-refractivity contribution in [1.82, 2.24) is 4.90 Å². The SMILES string of the molecule is CCCOC(=O)c1ccc(CN2Cc3ccccc3C2=O)cc1. The smallest absolute Gasteiger partial charge is 0.338 e. The third-order valence-electron chi connectivity index (χ3n) is 3.90. The highest BCUT2D eigenvalue weighted by molar-refractivity contribution is 5.98. The Labute approximate surface area is 135 Å². The first kappa shape index (κ1) is 15.3. The van der Waals surface area contributed by atoms with Gasteiger partial charge in [-0.1, -0.05) is 37.3 Å². The molecule has 4 nitrogen and oxygen atoms in total. The molecule has 0 unspecified atom stereocenters. The van der Waals surface area contributed by atoms with E-state index in [1.807, 2.05) is 48.2 Å². The van der Waals surface area contributed by atoms with Crippen LogP contribution in [0.25, 0.3) is 0 Å². The van der Waals surface area contributed by atoms with Crippen LogP contribution >= 0.6 is 0 Å². The first-order chi connectivity index (χ1) is 11.2. The number of esters is 1. The lowest BCUT2D eigenvalue weighted by Gasteiger charge is -2.15. The Morgan fingerprint density at radius 2 is 1.87 bits per heavy atom. The van der Waals surface area contributed by atoms with Crippen molar-refractivity contribution in [2.75, 3.05) is 6.61 Å². The van der Waals surface area contributed by atoms with Crippen LogP contribution in [0.4, 0.5) is 0 Å². The number of carbonyl (C=O) groups is 2. The molecule has 1 aliphatic heterocycles. The molecule has 1 amide bonds. The summed E-state index contributed by atoms with van der Waals surface area (Å²) in [6.07, 6.45) is 0.807. The van der Waals surface area contributed by atoms with Crippen molar-refractivity contribution in [1.29, 1.82) is 0 Å². The number of benzene rings is 2. The van der Waals surface area contributed by atoms with Crippen LogP contribution < -0.4 is 0 Å². The molecule has 3 rings (SSSR count). The number of nitrogens with zero attached hydrogens (tertiary/aromatic N) is 1. The fourth-order valence-corrected chi connectivity index (χ4v) is 2.69. The number of amides is 1. The predicted molar refractivity (Wildman–Crippen MR) is 87.0 cm³/mol. The van der Waals surface area contributed by atoms with Gasteiger partial charge in [-0.2, -0.15) is 0 Å². The summed E-state index contributed by atoms with van der Waals surface area (Å²) < 4.78 is 5.11. The van der Waals surface area contributed by atoms with Gasteiger partial charge in [-0.05, 0) is 35.7 Å². The van der Waals surface area contributed by atoms with Gasteiger partial charge in [0.2, 0.25) is 0 Å². The van der Waals surface area contributed by atoms with Gasteiger partial charge in [0.15, 0.2) is 0 Å². The summed E-state index contributed by atoms with van der Waals surface area (Å²) in [5, 5.41) is 0. The van der Waals surface area contributed by atoms with Crippen LogP contribution in [0.1, 0.15) is 45.2 Å². The van der Waals surface area contributed by atoms with Crippen LogP contribution in [0.2, 0.25) is 0 Å². The van der Waals surface area contributed by atoms with E-state index < -0.39 is 0 Å². The van der Waals surface area contributed by atoms with E-state index >= 15 is 0 Å². The van der Waals surface area contributed by atoms with Crippen molar-refractivity contribution in [2.45, 2.75) is 26.4 Å². The molecule has 0 radical (unpaired) electrons. The van der Waals surface area contributed by atoms with Gasteiger partial charge in [-0.3, -0.25) is 4.79 Å². The molecule has 0 aromatic heterocycles. The minimum atomic E-state index is -0.303. The lowest BCUT2D eigenvalue weighted by Crippen LogP contribution is -2.23. The molecule has 118 valence electrons. The Kier molecular flexibility index (Phi) is 4.42. The number of carbonyl (C=O) groups excluding carboxylic acids is 2. The Bertz CT molecular complexity index is 722. The van der Waals surface area contributed by atoms with Crippen molar-refractivity contribution in [3.05, 3.63) is 70.8 Å². The van der Waals surface area contributed by atoms with Crippen molar-refractivity contribution in [2.24, 2.45) is 0 Å². The summed E-state index contributed by atoms with van der Waals surface area (Å²) in [4.78, 5) is 25.9. The van der Waals surface area contributed by atoms with Gasteiger partial charge in [-0.15, -0.1) is 0 Å². The number of hydrogen-bond donors (Lipinski definition) is 0. The highest BCUT2D eigenvalue weighted by Gasteiger charge is 2.26. The molecule has 0 aliphatic carbocycles. The highest BCUT2D eigenvalue weighted by atomic mass is 16.5. The first-order valence-corrected chi connectivity index (χ1v) is 7.82. The van der Waals surface area contributed by atoms with E-state index in [1.54, 1.807) is 12.1 Å².